The highest BCUT2D eigenvalue weighted by atomic mass is 31.2. The number of esters is 2. The lowest BCUT2D eigenvalue weighted by atomic mass is 9.99. The van der Waals surface area contributed by atoms with Crippen molar-refractivity contribution >= 4 is 19.8 Å². The van der Waals surface area contributed by atoms with E-state index >= 15 is 0 Å². The molecule has 0 radical (unpaired) electrons. The van der Waals surface area contributed by atoms with Crippen molar-refractivity contribution in [2.45, 2.75) is 252 Å². The van der Waals surface area contributed by atoms with Crippen LogP contribution in [0.4, 0.5) is 0 Å². The van der Waals surface area contributed by atoms with Crippen molar-refractivity contribution in [2.75, 3.05) is 13.2 Å². The predicted molar refractivity (Wildman–Crippen MR) is 225 cm³/mol. The molecule has 0 aliphatic heterocycles. The molecule has 0 bridgehead atoms. The SMILES string of the molecule is CCC(C)CCCCCCCCCCCCCCCCC(=O)O[C@H](COC(=O)CCCCCCCCCCCCCCCCCC(C)C)COP(=O)(O)O. The molecule has 0 aliphatic rings. The number of carbonyl (C=O) groups excluding carboxylic acids is 2. The zero-order valence-corrected chi connectivity index (χ0v) is 36.9. The predicted octanol–water partition coefficient (Wildman–Crippen LogP) is 14.1. The molecule has 0 aromatic heterocycles. The molecule has 0 heterocycles. The molecule has 0 aliphatic carbocycles. The molecule has 0 saturated heterocycles. The number of ether oxygens (including phenoxy) is 2. The first-order valence-electron chi connectivity index (χ1n) is 23.1. The fraction of sp³-hybridized carbons (Fsp3) is 0.956. The number of unbranched alkanes of at least 4 members (excludes halogenated alkanes) is 27. The van der Waals surface area contributed by atoms with E-state index in [9.17, 15) is 14.2 Å². The van der Waals surface area contributed by atoms with Crippen molar-refractivity contribution in [1.82, 2.24) is 0 Å². The molecule has 0 amide bonds. The number of rotatable bonds is 42. The second-order valence-corrected chi connectivity index (χ2v) is 18.1. The molecule has 322 valence electrons. The van der Waals surface area contributed by atoms with Crippen molar-refractivity contribution in [3.05, 3.63) is 0 Å². The van der Waals surface area contributed by atoms with Crippen LogP contribution in [0.2, 0.25) is 0 Å². The van der Waals surface area contributed by atoms with E-state index in [1.54, 1.807) is 0 Å². The molecule has 0 aromatic carbocycles. The Bertz CT molecular complexity index is 876. The standard InChI is InChI=1S/C45H89O8P/c1-5-42(4)36-32-28-24-20-16-12-9-10-14-18-22-26-30-34-38-45(47)53-43(40-52-54(48,49)50)39-51-44(46)37-33-29-25-21-17-13-8-6-7-11-15-19-23-27-31-35-41(2)3/h41-43H,5-40H2,1-4H3,(H2,48,49,50)/t42?,43-/m1/s1. The van der Waals surface area contributed by atoms with Crippen molar-refractivity contribution in [3.63, 3.8) is 0 Å². The van der Waals surface area contributed by atoms with Gasteiger partial charge >= 0.3 is 19.8 Å². The van der Waals surface area contributed by atoms with Gasteiger partial charge in [-0.3, -0.25) is 14.1 Å². The zero-order chi connectivity index (χ0) is 40.0. The van der Waals surface area contributed by atoms with E-state index in [-0.39, 0.29) is 19.4 Å². The Balaban J connectivity index is 3.83. The average Bonchev–Trinajstić information content (AvgIpc) is 3.13. The quantitative estimate of drug-likeness (QED) is 0.0356. The number of phosphoric acid groups is 1. The van der Waals surface area contributed by atoms with Gasteiger partial charge < -0.3 is 19.3 Å². The molecule has 1 unspecified atom stereocenters. The van der Waals surface area contributed by atoms with E-state index in [4.69, 9.17) is 19.3 Å². The second-order valence-electron chi connectivity index (χ2n) is 16.8. The lowest BCUT2D eigenvalue weighted by molar-refractivity contribution is -0.161. The Kier molecular flexibility index (Phi) is 38.2. The third kappa shape index (κ3) is 42.2. The maximum Gasteiger partial charge on any atom is 0.469 e. The summed E-state index contributed by atoms with van der Waals surface area (Å²) in [6.45, 7) is 8.45. The lowest BCUT2D eigenvalue weighted by Crippen LogP contribution is -2.29. The van der Waals surface area contributed by atoms with Crippen LogP contribution in [-0.4, -0.2) is 41.0 Å². The van der Waals surface area contributed by atoms with Crippen LogP contribution in [-0.2, 0) is 28.2 Å². The van der Waals surface area contributed by atoms with Crippen LogP contribution in [0.15, 0.2) is 0 Å². The Morgan fingerprint density at radius 2 is 0.815 bits per heavy atom. The molecule has 0 saturated carbocycles. The van der Waals surface area contributed by atoms with Crippen LogP contribution in [0.5, 0.6) is 0 Å². The summed E-state index contributed by atoms with van der Waals surface area (Å²) in [6, 6.07) is 0. The van der Waals surface area contributed by atoms with Crippen LogP contribution in [0.1, 0.15) is 246 Å². The van der Waals surface area contributed by atoms with Gasteiger partial charge in [0.15, 0.2) is 6.10 Å². The summed E-state index contributed by atoms with van der Waals surface area (Å²) in [5.41, 5.74) is 0. The summed E-state index contributed by atoms with van der Waals surface area (Å²) in [6.07, 6.45) is 39.6. The van der Waals surface area contributed by atoms with Gasteiger partial charge in [-0.05, 0) is 24.7 Å². The molecular weight excluding hydrogens is 699 g/mol. The third-order valence-electron chi connectivity index (χ3n) is 10.8. The van der Waals surface area contributed by atoms with Gasteiger partial charge in [0, 0.05) is 12.8 Å². The van der Waals surface area contributed by atoms with Crippen LogP contribution < -0.4 is 0 Å². The van der Waals surface area contributed by atoms with Gasteiger partial charge in [-0.2, -0.15) is 0 Å². The highest BCUT2D eigenvalue weighted by Gasteiger charge is 2.23. The normalized spacial score (nSPS) is 13.0. The van der Waals surface area contributed by atoms with Crippen molar-refractivity contribution in [3.8, 4) is 0 Å². The summed E-state index contributed by atoms with van der Waals surface area (Å²) in [4.78, 5) is 43.0. The van der Waals surface area contributed by atoms with Gasteiger partial charge in [0.1, 0.15) is 6.61 Å². The number of phosphoric ester groups is 1. The largest absolute Gasteiger partial charge is 0.469 e. The molecule has 0 fully saturated rings. The molecule has 54 heavy (non-hydrogen) atoms. The molecule has 0 rings (SSSR count). The average molecular weight is 789 g/mol. The third-order valence-corrected chi connectivity index (χ3v) is 11.3. The monoisotopic (exact) mass is 789 g/mol. The number of hydrogen-bond acceptors (Lipinski definition) is 6. The molecule has 9 heteroatoms. The van der Waals surface area contributed by atoms with Crippen molar-refractivity contribution < 1.29 is 37.9 Å². The van der Waals surface area contributed by atoms with Crippen LogP contribution in [0.3, 0.4) is 0 Å². The Morgan fingerprint density at radius 3 is 1.17 bits per heavy atom. The second kappa shape index (κ2) is 38.9. The van der Waals surface area contributed by atoms with E-state index in [0.29, 0.717) is 6.42 Å². The Labute approximate surface area is 334 Å². The Hall–Kier alpha value is -0.950. The minimum Gasteiger partial charge on any atom is -0.462 e. The highest BCUT2D eigenvalue weighted by molar-refractivity contribution is 7.46. The van der Waals surface area contributed by atoms with Crippen molar-refractivity contribution in [1.29, 1.82) is 0 Å². The molecule has 0 aromatic rings. The molecule has 0 spiro atoms. The molecule has 2 atom stereocenters. The van der Waals surface area contributed by atoms with Gasteiger partial charge in [-0.15, -0.1) is 0 Å². The minimum absolute atomic E-state index is 0.219. The molecule has 2 N–H and O–H groups in total. The maximum atomic E-state index is 12.4. The summed E-state index contributed by atoms with van der Waals surface area (Å²) < 4.78 is 26.5. The minimum atomic E-state index is -4.75. The van der Waals surface area contributed by atoms with Crippen molar-refractivity contribution in [2.24, 2.45) is 11.8 Å². The van der Waals surface area contributed by atoms with Crippen LogP contribution >= 0.6 is 7.82 Å². The summed E-state index contributed by atoms with van der Waals surface area (Å²) in [5.74, 6) is 0.853. The molecular formula is C45H89O8P. The first-order chi connectivity index (χ1) is 26.0. The van der Waals surface area contributed by atoms with Gasteiger partial charge in [0.25, 0.3) is 0 Å². The Morgan fingerprint density at radius 1 is 0.481 bits per heavy atom. The van der Waals surface area contributed by atoms with Gasteiger partial charge in [0.2, 0.25) is 0 Å². The van der Waals surface area contributed by atoms with Gasteiger partial charge in [-0.25, -0.2) is 4.57 Å². The first-order valence-corrected chi connectivity index (χ1v) is 24.6. The van der Waals surface area contributed by atoms with Crippen LogP contribution in [0.25, 0.3) is 0 Å². The molecule has 8 nitrogen and oxygen atoms in total. The van der Waals surface area contributed by atoms with E-state index in [0.717, 1.165) is 43.9 Å². The maximum absolute atomic E-state index is 12.4. The highest BCUT2D eigenvalue weighted by Crippen LogP contribution is 2.36. The summed E-state index contributed by atoms with van der Waals surface area (Å²) in [5, 5.41) is 0. The van der Waals surface area contributed by atoms with E-state index in [1.165, 1.54) is 167 Å². The smallest absolute Gasteiger partial charge is 0.462 e. The van der Waals surface area contributed by atoms with Gasteiger partial charge in [-0.1, -0.05) is 220 Å². The fourth-order valence-electron chi connectivity index (χ4n) is 7.01. The first kappa shape index (κ1) is 53.0. The number of hydrogen-bond donors (Lipinski definition) is 2. The number of carbonyl (C=O) groups is 2. The topological polar surface area (TPSA) is 119 Å². The van der Waals surface area contributed by atoms with E-state index in [2.05, 4.69) is 32.2 Å². The van der Waals surface area contributed by atoms with E-state index < -0.39 is 32.5 Å². The summed E-state index contributed by atoms with van der Waals surface area (Å²) in [7, 11) is -4.75. The van der Waals surface area contributed by atoms with Crippen LogP contribution in [0, 0.1) is 11.8 Å². The van der Waals surface area contributed by atoms with E-state index in [1.807, 2.05) is 0 Å². The fourth-order valence-corrected chi connectivity index (χ4v) is 7.37. The zero-order valence-electron chi connectivity index (χ0n) is 36.0. The summed E-state index contributed by atoms with van der Waals surface area (Å²) >= 11 is 0. The van der Waals surface area contributed by atoms with Gasteiger partial charge in [0.05, 0.1) is 6.61 Å². The lowest BCUT2D eigenvalue weighted by Gasteiger charge is -2.18.